The Morgan fingerprint density at radius 3 is 2.73 bits per heavy atom. The molecule has 9 heteroatoms. The summed E-state index contributed by atoms with van der Waals surface area (Å²) in [6.45, 7) is 0.818. The van der Waals surface area contributed by atoms with Crippen LogP contribution in [-0.4, -0.2) is 56.2 Å². The van der Waals surface area contributed by atoms with Gasteiger partial charge in [-0.3, -0.25) is 4.79 Å². The van der Waals surface area contributed by atoms with Gasteiger partial charge in [-0.05, 0) is 12.2 Å². The lowest BCUT2D eigenvalue weighted by Gasteiger charge is -2.31. The third kappa shape index (κ3) is 3.40. The van der Waals surface area contributed by atoms with Crippen LogP contribution in [0.5, 0.6) is 0 Å². The number of aryl methyl sites for hydroxylation is 1. The molecule has 0 spiro atoms. The van der Waals surface area contributed by atoms with Gasteiger partial charge in [0.15, 0.2) is 5.82 Å². The van der Waals surface area contributed by atoms with Crippen LogP contribution >= 0.6 is 11.8 Å². The Morgan fingerprint density at radius 2 is 2.14 bits per heavy atom. The van der Waals surface area contributed by atoms with Gasteiger partial charge < -0.3 is 14.6 Å². The number of halogens is 3. The minimum Gasteiger partial charge on any atom is -0.374 e. The maximum absolute atomic E-state index is 13.4. The first-order valence-corrected chi connectivity index (χ1v) is 8.03. The molecular formula is C13H18F3N3O2S. The molecule has 1 amide bonds. The monoisotopic (exact) mass is 337 g/mol. The highest BCUT2D eigenvalue weighted by Gasteiger charge is 2.59. The summed E-state index contributed by atoms with van der Waals surface area (Å²) in [5.74, 6) is 0.300. The molecule has 0 aromatic carbocycles. The number of aliphatic hydroxyl groups is 1. The number of hydrogen-bond donors (Lipinski definition) is 1. The first kappa shape index (κ1) is 17.1. The maximum atomic E-state index is 13.4. The molecule has 1 aromatic rings. The standard InChI is InChI=1S/C13H18F3N3O2S/c1-18-5-3-17-11(18)12(21,13(14,15)16)9-10(20)19-4-2-7-22-8-6-19/h3,5,21H,2,4,6-9H2,1H3. The molecule has 0 radical (unpaired) electrons. The highest BCUT2D eigenvalue weighted by molar-refractivity contribution is 7.99. The molecule has 124 valence electrons. The van der Waals surface area contributed by atoms with E-state index in [1.54, 1.807) is 11.8 Å². The van der Waals surface area contributed by atoms with Crippen molar-refractivity contribution < 1.29 is 23.1 Å². The molecule has 0 bridgehead atoms. The molecule has 1 unspecified atom stereocenters. The van der Waals surface area contributed by atoms with E-state index in [0.29, 0.717) is 18.8 Å². The molecular weight excluding hydrogens is 319 g/mol. The number of rotatable bonds is 3. The first-order valence-electron chi connectivity index (χ1n) is 6.88. The quantitative estimate of drug-likeness (QED) is 0.909. The second-order valence-corrected chi connectivity index (χ2v) is 6.47. The second-order valence-electron chi connectivity index (χ2n) is 5.24. The molecule has 0 aliphatic carbocycles. The van der Waals surface area contributed by atoms with Crippen molar-refractivity contribution in [2.75, 3.05) is 24.6 Å². The summed E-state index contributed by atoms with van der Waals surface area (Å²) in [6, 6.07) is 0. The van der Waals surface area contributed by atoms with Gasteiger partial charge in [0.05, 0.1) is 6.42 Å². The van der Waals surface area contributed by atoms with Gasteiger partial charge in [-0.1, -0.05) is 0 Å². The Hall–Kier alpha value is -1.22. The Morgan fingerprint density at radius 1 is 1.41 bits per heavy atom. The molecule has 1 fully saturated rings. The first-order chi connectivity index (χ1) is 10.3. The second kappa shape index (κ2) is 6.49. The van der Waals surface area contributed by atoms with Gasteiger partial charge in [-0.2, -0.15) is 24.9 Å². The van der Waals surface area contributed by atoms with Gasteiger partial charge in [0.1, 0.15) is 0 Å². The minimum absolute atomic E-state index is 0.401. The van der Waals surface area contributed by atoms with Crippen molar-refractivity contribution in [2.45, 2.75) is 24.6 Å². The normalized spacial score (nSPS) is 19.6. The van der Waals surface area contributed by atoms with Crippen LogP contribution in [0.3, 0.4) is 0 Å². The van der Waals surface area contributed by atoms with Crippen molar-refractivity contribution in [2.24, 2.45) is 7.05 Å². The lowest BCUT2D eigenvalue weighted by Crippen LogP contribution is -2.48. The van der Waals surface area contributed by atoms with Gasteiger partial charge in [-0.25, -0.2) is 4.98 Å². The Balaban J connectivity index is 2.24. The van der Waals surface area contributed by atoms with Gasteiger partial charge in [0.25, 0.3) is 0 Å². The van der Waals surface area contributed by atoms with Crippen LogP contribution in [-0.2, 0) is 17.4 Å². The third-order valence-corrected chi connectivity index (χ3v) is 4.69. The molecule has 1 aliphatic heterocycles. The Kier molecular flexibility index (Phi) is 5.06. The number of carbonyl (C=O) groups excluding carboxylic acids is 1. The van der Waals surface area contributed by atoms with Crippen LogP contribution in [0.2, 0.25) is 0 Å². The molecule has 22 heavy (non-hydrogen) atoms. The van der Waals surface area contributed by atoms with Gasteiger partial charge in [0, 0.05) is 38.3 Å². The van der Waals surface area contributed by atoms with E-state index in [1.807, 2.05) is 0 Å². The topological polar surface area (TPSA) is 58.4 Å². The van der Waals surface area contributed by atoms with Crippen molar-refractivity contribution in [3.05, 3.63) is 18.2 Å². The van der Waals surface area contributed by atoms with Crippen LogP contribution in [0.1, 0.15) is 18.7 Å². The summed E-state index contributed by atoms with van der Waals surface area (Å²) in [7, 11) is 1.35. The summed E-state index contributed by atoms with van der Waals surface area (Å²) in [6.07, 6.45) is -2.82. The summed E-state index contributed by atoms with van der Waals surface area (Å²) >= 11 is 1.67. The summed E-state index contributed by atoms with van der Waals surface area (Å²) in [4.78, 5) is 17.2. The number of imidazole rings is 1. The lowest BCUT2D eigenvalue weighted by molar-refractivity contribution is -0.271. The summed E-state index contributed by atoms with van der Waals surface area (Å²) in [5.41, 5.74) is -3.28. The van der Waals surface area contributed by atoms with E-state index in [9.17, 15) is 23.1 Å². The van der Waals surface area contributed by atoms with Crippen molar-refractivity contribution in [3.63, 3.8) is 0 Å². The van der Waals surface area contributed by atoms with E-state index in [2.05, 4.69) is 4.98 Å². The van der Waals surface area contributed by atoms with E-state index < -0.39 is 29.9 Å². The summed E-state index contributed by atoms with van der Waals surface area (Å²) < 4.78 is 41.2. The molecule has 1 aliphatic rings. The molecule has 1 saturated heterocycles. The van der Waals surface area contributed by atoms with Crippen molar-refractivity contribution in [3.8, 4) is 0 Å². The SMILES string of the molecule is Cn1ccnc1C(O)(CC(=O)N1CCCSCC1)C(F)(F)F. The molecule has 0 saturated carbocycles. The molecule has 1 atom stereocenters. The molecule has 1 aromatic heterocycles. The fourth-order valence-electron chi connectivity index (χ4n) is 2.40. The van der Waals surface area contributed by atoms with E-state index in [0.717, 1.165) is 16.7 Å². The fraction of sp³-hybridized carbons (Fsp3) is 0.692. The molecule has 5 nitrogen and oxygen atoms in total. The van der Waals surface area contributed by atoms with E-state index in [4.69, 9.17) is 0 Å². The molecule has 1 N–H and O–H groups in total. The minimum atomic E-state index is -4.98. The van der Waals surface area contributed by atoms with Crippen LogP contribution < -0.4 is 0 Å². The van der Waals surface area contributed by atoms with Gasteiger partial charge >= 0.3 is 6.18 Å². The number of amides is 1. The van der Waals surface area contributed by atoms with Gasteiger partial charge in [-0.15, -0.1) is 0 Å². The Labute approximate surface area is 130 Å². The predicted molar refractivity (Wildman–Crippen MR) is 76.3 cm³/mol. The van der Waals surface area contributed by atoms with Crippen LogP contribution in [0.25, 0.3) is 0 Å². The van der Waals surface area contributed by atoms with Crippen LogP contribution in [0.15, 0.2) is 12.4 Å². The highest BCUT2D eigenvalue weighted by Crippen LogP contribution is 2.41. The number of nitrogens with zero attached hydrogens (tertiary/aromatic N) is 3. The lowest BCUT2D eigenvalue weighted by atomic mass is 9.96. The van der Waals surface area contributed by atoms with E-state index >= 15 is 0 Å². The number of alkyl halides is 3. The van der Waals surface area contributed by atoms with Crippen molar-refractivity contribution in [1.82, 2.24) is 14.5 Å². The van der Waals surface area contributed by atoms with Crippen molar-refractivity contribution in [1.29, 1.82) is 0 Å². The number of aromatic nitrogens is 2. The van der Waals surface area contributed by atoms with E-state index in [1.165, 1.54) is 24.3 Å². The zero-order chi connectivity index (χ0) is 16.4. The smallest absolute Gasteiger partial charge is 0.374 e. The zero-order valence-electron chi connectivity index (χ0n) is 12.1. The average Bonchev–Trinajstić information content (AvgIpc) is 2.70. The fourth-order valence-corrected chi connectivity index (χ4v) is 3.28. The Bertz CT molecular complexity index is 527. The van der Waals surface area contributed by atoms with Crippen LogP contribution in [0, 0.1) is 0 Å². The largest absolute Gasteiger partial charge is 0.425 e. The number of hydrogen-bond acceptors (Lipinski definition) is 4. The van der Waals surface area contributed by atoms with Gasteiger partial charge in [0.2, 0.25) is 11.5 Å². The van der Waals surface area contributed by atoms with Crippen molar-refractivity contribution >= 4 is 17.7 Å². The maximum Gasteiger partial charge on any atom is 0.425 e. The predicted octanol–water partition coefficient (Wildman–Crippen LogP) is 1.53. The highest BCUT2D eigenvalue weighted by atomic mass is 32.2. The zero-order valence-corrected chi connectivity index (χ0v) is 13.0. The number of carbonyl (C=O) groups is 1. The molecule has 2 rings (SSSR count). The summed E-state index contributed by atoms with van der Waals surface area (Å²) in [5, 5.41) is 10.2. The molecule has 2 heterocycles. The average molecular weight is 337 g/mol. The third-order valence-electron chi connectivity index (χ3n) is 3.64. The van der Waals surface area contributed by atoms with Crippen LogP contribution in [0.4, 0.5) is 13.2 Å². The number of thioether (sulfide) groups is 1. The van der Waals surface area contributed by atoms with E-state index in [-0.39, 0.29) is 0 Å².